The molecular formula is C6H8N2S. The molecule has 48 valence electrons. The first-order valence-corrected chi connectivity index (χ1v) is 3.26. The van der Waals surface area contributed by atoms with Crippen LogP contribution in [-0.4, -0.2) is 9.97 Å². The third-order valence-corrected chi connectivity index (χ3v) is 1.30. The molecule has 0 amide bonds. The average Bonchev–Trinajstić information content (AvgIpc) is 1.90. The van der Waals surface area contributed by atoms with E-state index in [1.54, 1.807) is 6.20 Å². The van der Waals surface area contributed by atoms with Crippen molar-refractivity contribution in [2.75, 3.05) is 0 Å². The molecule has 0 aliphatic rings. The van der Waals surface area contributed by atoms with Gasteiger partial charge < -0.3 is 0 Å². The normalized spacial score (nSPS) is 13.1. The molecule has 0 saturated heterocycles. The Balaban J connectivity index is 2.85. The lowest BCUT2D eigenvalue weighted by molar-refractivity contribution is 0.983. The lowest BCUT2D eigenvalue weighted by Gasteiger charge is -1.98. The van der Waals surface area contributed by atoms with Crippen LogP contribution in [0.25, 0.3) is 0 Å². The van der Waals surface area contributed by atoms with Crippen LogP contribution in [0.4, 0.5) is 0 Å². The predicted octanol–water partition coefficient (Wildman–Crippen LogP) is 1.47. The van der Waals surface area contributed by atoms with Gasteiger partial charge in [-0.2, -0.15) is 12.6 Å². The summed E-state index contributed by atoms with van der Waals surface area (Å²) in [6.07, 6.45) is 3.25. The van der Waals surface area contributed by atoms with Gasteiger partial charge in [0.2, 0.25) is 0 Å². The second-order valence-corrected chi connectivity index (χ2v) is 2.58. The summed E-state index contributed by atoms with van der Waals surface area (Å²) in [6, 6.07) is 1.86. The topological polar surface area (TPSA) is 25.8 Å². The highest BCUT2D eigenvalue weighted by atomic mass is 32.1. The molecule has 1 heterocycles. The van der Waals surface area contributed by atoms with Crippen LogP contribution in [0.3, 0.4) is 0 Å². The molecule has 0 aliphatic carbocycles. The van der Waals surface area contributed by atoms with Crippen LogP contribution in [0.1, 0.15) is 17.9 Å². The van der Waals surface area contributed by atoms with Crippen LogP contribution >= 0.6 is 12.6 Å². The Morgan fingerprint density at radius 3 is 2.78 bits per heavy atom. The Hall–Kier alpha value is -0.570. The predicted molar refractivity (Wildman–Crippen MR) is 39.4 cm³/mol. The zero-order valence-corrected chi connectivity index (χ0v) is 6.05. The molecule has 1 unspecified atom stereocenters. The molecule has 0 spiro atoms. The summed E-state index contributed by atoms with van der Waals surface area (Å²) in [5.41, 5.74) is 0.966. The van der Waals surface area contributed by atoms with Crippen molar-refractivity contribution in [3.8, 4) is 0 Å². The number of hydrogen-bond donors (Lipinski definition) is 1. The molecule has 1 atom stereocenters. The average molecular weight is 140 g/mol. The van der Waals surface area contributed by atoms with Crippen molar-refractivity contribution >= 4 is 12.6 Å². The number of aromatic nitrogens is 2. The van der Waals surface area contributed by atoms with Gasteiger partial charge in [0, 0.05) is 11.4 Å². The van der Waals surface area contributed by atoms with E-state index >= 15 is 0 Å². The van der Waals surface area contributed by atoms with Crippen molar-refractivity contribution in [3.63, 3.8) is 0 Å². The van der Waals surface area contributed by atoms with E-state index < -0.39 is 0 Å². The second kappa shape index (κ2) is 2.82. The number of thiol groups is 1. The Morgan fingerprint density at radius 1 is 1.67 bits per heavy atom. The fourth-order valence-corrected chi connectivity index (χ4v) is 0.701. The molecule has 0 bridgehead atoms. The van der Waals surface area contributed by atoms with Crippen LogP contribution in [0.5, 0.6) is 0 Å². The molecular weight excluding hydrogens is 132 g/mol. The highest BCUT2D eigenvalue weighted by Gasteiger charge is 1.96. The summed E-state index contributed by atoms with van der Waals surface area (Å²) in [5.74, 6) is 0. The van der Waals surface area contributed by atoms with E-state index in [2.05, 4.69) is 22.6 Å². The molecule has 1 aromatic rings. The van der Waals surface area contributed by atoms with Crippen molar-refractivity contribution in [2.24, 2.45) is 0 Å². The van der Waals surface area contributed by atoms with Gasteiger partial charge in [0.15, 0.2) is 0 Å². The first kappa shape index (κ1) is 6.55. The molecule has 1 aromatic heterocycles. The van der Waals surface area contributed by atoms with E-state index in [1.807, 2.05) is 13.0 Å². The molecule has 0 fully saturated rings. The molecule has 0 N–H and O–H groups in total. The largest absolute Gasteiger partial charge is 0.245 e. The molecule has 9 heavy (non-hydrogen) atoms. The van der Waals surface area contributed by atoms with E-state index in [1.165, 1.54) is 6.33 Å². The van der Waals surface area contributed by atoms with Crippen molar-refractivity contribution in [1.29, 1.82) is 0 Å². The van der Waals surface area contributed by atoms with Gasteiger partial charge in [0.05, 0.1) is 5.69 Å². The van der Waals surface area contributed by atoms with Crippen molar-refractivity contribution in [1.82, 2.24) is 9.97 Å². The maximum atomic E-state index is 4.20. The van der Waals surface area contributed by atoms with Gasteiger partial charge in [-0.1, -0.05) is 0 Å². The summed E-state index contributed by atoms with van der Waals surface area (Å²) in [4.78, 5) is 7.77. The van der Waals surface area contributed by atoms with Crippen LogP contribution in [0.15, 0.2) is 18.6 Å². The van der Waals surface area contributed by atoms with E-state index in [-0.39, 0.29) is 5.25 Å². The molecule has 1 rings (SSSR count). The Morgan fingerprint density at radius 2 is 2.44 bits per heavy atom. The van der Waals surface area contributed by atoms with Gasteiger partial charge in [0.25, 0.3) is 0 Å². The summed E-state index contributed by atoms with van der Waals surface area (Å²) in [7, 11) is 0. The summed E-state index contributed by atoms with van der Waals surface area (Å²) in [5, 5.41) is 0.202. The third-order valence-electron chi connectivity index (χ3n) is 1.03. The minimum atomic E-state index is 0.202. The molecule has 0 radical (unpaired) electrons. The standard InChI is InChI=1S/C6H8N2S/c1-5(9)6-2-3-7-4-8-6/h2-5,9H,1H3. The molecule has 0 aliphatic heterocycles. The zero-order chi connectivity index (χ0) is 6.69. The van der Waals surface area contributed by atoms with E-state index in [0.717, 1.165) is 5.69 Å². The fourth-order valence-electron chi connectivity index (χ4n) is 0.548. The number of hydrogen-bond acceptors (Lipinski definition) is 3. The number of rotatable bonds is 1. The monoisotopic (exact) mass is 140 g/mol. The highest BCUT2D eigenvalue weighted by molar-refractivity contribution is 7.80. The van der Waals surface area contributed by atoms with Crippen LogP contribution in [0, 0.1) is 0 Å². The first-order chi connectivity index (χ1) is 4.30. The Labute approximate surface area is 59.8 Å². The SMILES string of the molecule is CC(S)c1ccncn1. The lowest BCUT2D eigenvalue weighted by Crippen LogP contribution is -1.88. The molecule has 2 nitrogen and oxygen atoms in total. The quantitative estimate of drug-likeness (QED) is 0.598. The van der Waals surface area contributed by atoms with Gasteiger partial charge >= 0.3 is 0 Å². The van der Waals surface area contributed by atoms with Crippen LogP contribution in [-0.2, 0) is 0 Å². The van der Waals surface area contributed by atoms with Crippen molar-refractivity contribution in [2.45, 2.75) is 12.2 Å². The summed E-state index contributed by atoms with van der Waals surface area (Å²) < 4.78 is 0. The highest BCUT2D eigenvalue weighted by Crippen LogP contribution is 2.13. The second-order valence-electron chi connectivity index (χ2n) is 1.81. The third kappa shape index (κ3) is 1.68. The zero-order valence-electron chi connectivity index (χ0n) is 5.15. The van der Waals surface area contributed by atoms with E-state index in [0.29, 0.717) is 0 Å². The summed E-state index contributed by atoms with van der Waals surface area (Å²) >= 11 is 4.20. The van der Waals surface area contributed by atoms with Crippen LogP contribution < -0.4 is 0 Å². The van der Waals surface area contributed by atoms with Gasteiger partial charge in [-0.05, 0) is 13.0 Å². The van der Waals surface area contributed by atoms with E-state index in [4.69, 9.17) is 0 Å². The Kier molecular flexibility index (Phi) is 2.05. The molecule has 3 heteroatoms. The fraction of sp³-hybridized carbons (Fsp3) is 0.333. The minimum absolute atomic E-state index is 0.202. The maximum absolute atomic E-state index is 4.20. The van der Waals surface area contributed by atoms with E-state index in [9.17, 15) is 0 Å². The molecule has 0 saturated carbocycles. The van der Waals surface area contributed by atoms with Crippen molar-refractivity contribution < 1.29 is 0 Å². The first-order valence-electron chi connectivity index (χ1n) is 2.74. The number of nitrogens with zero attached hydrogens (tertiary/aromatic N) is 2. The Bertz CT molecular complexity index is 174. The smallest absolute Gasteiger partial charge is 0.115 e. The van der Waals surface area contributed by atoms with Gasteiger partial charge in [0.1, 0.15) is 6.33 Å². The summed E-state index contributed by atoms with van der Waals surface area (Å²) in [6.45, 7) is 1.98. The maximum Gasteiger partial charge on any atom is 0.115 e. The van der Waals surface area contributed by atoms with Gasteiger partial charge in [-0.3, -0.25) is 0 Å². The van der Waals surface area contributed by atoms with Gasteiger partial charge in [-0.25, -0.2) is 9.97 Å². The van der Waals surface area contributed by atoms with Gasteiger partial charge in [-0.15, -0.1) is 0 Å². The minimum Gasteiger partial charge on any atom is -0.245 e. The molecule has 0 aromatic carbocycles. The van der Waals surface area contributed by atoms with Crippen LogP contribution in [0.2, 0.25) is 0 Å². The van der Waals surface area contributed by atoms with Crippen molar-refractivity contribution in [3.05, 3.63) is 24.3 Å². The lowest BCUT2D eigenvalue weighted by atomic mass is 10.3.